The molecule has 1 aromatic rings. The van der Waals surface area contributed by atoms with Gasteiger partial charge >= 0.3 is 0 Å². The van der Waals surface area contributed by atoms with Crippen molar-refractivity contribution in [3.63, 3.8) is 0 Å². The van der Waals surface area contributed by atoms with Crippen molar-refractivity contribution in [2.24, 2.45) is 0 Å². The molecule has 0 N–H and O–H groups in total. The summed E-state index contributed by atoms with van der Waals surface area (Å²) in [4.78, 5) is 0. The number of hydrogen-bond donors (Lipinski definition) is 0. The predicted molar refractivity (Wildman–Crippen MR) is 71.0 cm³/mol. The molecule has 0 heterocycles. The molecule has 0 saturated heterocycles. The summed E-state index contributed by atoms with van der Waals surface area (Å²) < 4.78 is 0. The van der Waals surface area contributed by atoms with Gasteiger partial charge in [0.15, 0.2) is 6.69 Å². The van der Waals surface area contributed by atoms with Gasteiger partial charge in [-0.05, 0) is 10.2 Å². The maximum absolute atomic E-state index is 4.01. The lowest BCUT2D eigenvalue weighted by Crippen LogP contribution is -2.47. The van der Waals surface area contributed by atoms with Gasteiger partial charge in [-0.15, -0.1) is 15.3 Å². The van der Waals surface area contributed by atoms with Crippen LogP contribution < -0.4 is 5.19 Å². The Morgan fingerprint density at radius 3 is 2.14 bits per heavy atom. The summed E-state index contributed by atoms with van der Waals surface area (Å²) in [5.41, 5.74) is 0. The lowest BCUT2D eigenvalue weighted by atomic mass is 10.1. The SMILES string of the molecule is CCC(C)(C)[Si](C)(Br)c1ccccc1. The lowest BCUT2D eigenvalue weighted by Gasteiger charge is -2.37. The molecular formula is C12H19BrSi. The summed E-state index contributed by atoms with van der Waals surface area (Å²) in [6.45, 7) is 7.90. The van der Waals surface area contributed by atoms with Crippen LogP contribution in [0.15, 0.2) is 30.3 Å². The minimum atomic E-state index is -1.49. The Bertz CT molecular complexity index is 290. The Hall–Kier alpha value is -0.0831. The molecule has 0 aromatic heterocycles. The molecule has 0 spiro atoms. The van der Waals surface area contributed by atoms with Crippen LogP contribution in [0, 0.1) is 0 Å². The number of rotatable bonds is 3. The highest BCUT2D eigenvalue weighted by atomic mass is 79.9. The molecule has 0 fully saturated rings. The first kappa shape index (κ1) is 12.0. The number of hydrogen-bond acceptors (Lipinski definition) is 0. The van der Waals surface area contributed by atoms with Crippen molar-refractivity contribution in [1.82, 2.24) is 0 Å². The Morgan fingerprint density at radius 1 is 1.21 bits per heavy atom. The summed E-state index contributed by atoms with van der Waals surface area (Å²) in [6.07, 6.45) is 1.22. The summed E-state index contributed by atoms with van der Waals surface area (Å²) in [6, 6.07) is 10.8. The third-order valence-electron chi connectivity index (χ3n) is 3.47. The highest BCUT2D eigenvalue weighted by molar-refractivity contribution is 9.26. The highest BCUT2D eigenvalue weighted by Gasteiger charge is 2.41. The first-order chi connectivity index (χ1) is 6.42. The van der Waals surface area contributed by atoms with Gasteiger partial charge in [0, 0.05) is 0 Å². The third kappa shape index (κ3) is 2.11. The van der Waals surface area contributed by atoms with Crippen LogP contribution in [0.5, 0.6) is 0 Å². The van der Waals surface area contributed by atoms with Crippen LogP contribution in [-0.2, 0) is 0 Å². The van der Waals surface area contributed by atoms with E-state index in [1.807, 2.05) is 0 Å². The molecule has 0 aliphatic heterocycles. The van der Waals surface area contributed by atoms with Crippen LogP contribution in [0.25, 0.3) is 0 Å². The molecule has 1 rings (SSSR count). The molecule has 14 heavy (non-hydrogen) atoms. The Morgan fingerprint density at radius 2 is 1.71 bits per heavy atom. The highest BCUT2D eigenvalue weighted by Crippen LogP contribution is 2.43. The molecule has 0 aliphatic rings. The lowest BCUT2D eigenvalue weighted by molar-refractivity contribution is 0.635. The van der Waals surface area contributed by atoms with Crippen molar-refractivity contribution in [2.45, 2.75) is 38.8 Å². The van der Waals surface area contributed by atoms with Crippen molar-refractivity contribution in [3.8, 4) is 0 Å². The van der Waals surface area contributed by atoms with Gasteiger partial charge in [0.25, 0.3) is 0 Å². The molecule has 1 atom stereocenters. The van der Waals surface area contributed by atoms with Gasteiger partial charge in [0.2, 0.25) is 0 Å². The molecule has 2 heteroatoms. The van der Waals surface area contributed by atoms with E-state index in [1.54, 1.807) is 0 Å². The van der Waals surface area contributed by atoms with Crippen molar-refractivity contribution >= 4 is 27.2 Å². The van der Waals surface area contributed by atoms with E-state index >= 15 is 0 Å². The summed E-state index contributed by atoms with van der Waals surface area (Å²) in [5, 5.41) is 1.89. The van der Waals surface area contributed by atoms with Crippen LogP contribution in [0.2, 0.25) is 11.6 Å². The fraction of sp³-hybridized carbons (Fsp3) is 0.500. The molecular weight excluding hydrogens is 252 g/mol. The minimum absolute atomic E-state index is 0.397. The number of benzene rings is 1. The first-order valence-corrected chi connectivity index (χ1v) is 9.92. The summed E-state index contributed by atoms with van der Waals surface area (Å²) in [7, 11) is 0. The fourth-order valence-electron chi connectivity index (χ4n) is 1.47. The monoisotopic (exact) mass is 270 g/mol. The smallest absolute Gasteiger partial charge is 0.120 e. The standard InChI is InChI=1S/C12H19BrSi/c1-5-12(2,3)14(4,13)11-9-7-6-8-10-11/h6-10H,5H2,1-4H3. The molecule has 0 radical (unpaired) electrons. The molecule has 0 aliphatic carbocycles. The quantitative estimate of drug-likeness (QED) is 0.574. The molecule has 0 bridgehead atoms. The maximum atomic E-state index is 4.01. The second kappa shape index (κ2) is 4.19. The molecule has 78 valence electrons. The van der Waals surface area contributed by atoms with E-state index in [0.717, 1.165) is 0 Å². The van der Waals surface area contributed by atoms with Crippen molar-refractivity contribution in [1.29, 1.82) is 0 Å². The van der Waals surface area contributed by atoms with Gasteiger partial charge < -0.3 is 0 Å². The van der Waals surface area contributed by atoms with Crippen molar-refractivity contribution in [3.05, 3.63) is 30.3 Å². The maximum Gasteiger partial charge on any atom is 0.163 e. The normalized spacial score (nSPS) is 16.4. The zero-order valence-electron chi connectivity index (χ0n) is 9.47. The predicted octanol–water partition coefficient (Wildman–Crippen LogP) is 4.05. The van der Waals surface area contributed by atoms with Crippen LogP contribution in [0.1, 0.15) is 27.2 Å². The topological polar surface area (TPSA) is 0 Å². The van der Waals surface area contributed by atoms with Crippen LogP contribution in [0.4, 0.5) is 0 Å². The van der Waals surface area contributed by atoms with Crippen LogP contribution >= 0.6 is 15.3 Å². The van der Waals surface area contributed by atoms with E-state index in [9.17, 15) is 0 Å². The summed E-state index contributed by atoms with van der Waals surface area (Å²) in [5.74, 6) is 0. The molecule has 0 amide bonds. The van der Waals surface area contributed by atoms with Crippen LogP contribution in [-0.4, -0.2) is 6.69 Å². The van der Waals surface area contributed by atoms with Gasteiger partial charge in [-0.1, -0.05) is 64.1 Å². The number of halogens is 1. The van der Waals surface area contributed by atoms with Gasteiger partial charge in [-0.3, -0.25) is 0 Å². The Kier molecular flexibility index (Phi) is 3.59. The molecule has 0 nitrogen and oxygen atoms in total. The average Bonchev–Trinajstić information content (AvgIpc) is 2.19. The zero-order chi connectivity index (χ0) is 10.8. The molecule has 1 aromatic carbocycles. The molecule has 0 saturated carbocycles. The van der Waals surface area contributed by atoms with E-state index in [1.165, 1.54) is 11.6 Å². The van der Waals surface area contributed by atoms with E-state index in [4.69, 9.17) is 0 Å². The third-order valence-corrected chi connectivity index (χ3v) is 12.4. The largest absolute Gasteiger partial charge is 0.163 e. The van der Waals surface area contributed by atoms with Crippen molar-refractivity contribution < 1.29 is 0 Å². The van der Waals surface area contributed by atoms with Gasteiger partial charge in [-0.2, -0.15) is 0 Å². The summed E-state index contributed by atoms with van der Waals surface area (Å²) >= 11 is 4.01. The first-order valence-electron chi connectivity index (χ1n) is 5.16. The second-order valence-electron chi connectivity index (χ2n) is 4.61. The Balaban J connectivity index is 3.08. The average molecular weight is 271 g/mol. The van der Waals surface area contributed by atoms with Gasteiger partial charge in [-0.25, -0.2) is 0 Å². The zero-order valence-corrected chi connectivity index (χ0v) is 12.1. The van der Waals surface area contributed by atoms with E-state index in [-0.39, 0.29) is 0 Å². The van der Waals surface area contributed by atoms with Crippen LogP contribution in [0.3, 0.4) is 0 Å². The fourth-order valence-corrected chi connectivity index (χ4v) is 5.37. The Labute approximate surface area is 96.3 Å². The minimum Gasteiger partial charge on any atom is -0.120 e. The second-order valence-corrected chi connectivity index (χ2v) is 13.3. The molecule has 1 unspecified atom stereocenters. The van der Waals surface area contributed by atoms with Gasteiger partial charge in [0.1, 0.15) is 0 Å². The van der Waals surface area contributed by atoms with E-state index < -0.39 is 6.69 Å². The van der Waals surface area contributed by atoms with Crippen molar-refractivity contribution in [2.75, 3.05) is 0 Å². The van der Waals surface area contributed by atoms with E-state index in [0.29, 0.717) is 5.04 Å². The van der Waals surface area contributed by atoms with E-state index in [2.05, 4.69) is 72.9 Å². The van der Waals surface area contributed by atoms with Gasteiger partial charge in [0.05, 0.1) is 0 Å².